The number of nitrogens with two attached hydrogens (primary N) is 1. The molecule has 3 N–H and O–H groups in total. The summed E-state index contributed by atoms with van der Waals surface area (Å²) in [5, 5.41) is 12.0. The third kappa shape index (κ3) is 2.60. The van der Waals surface area contributed by atoms with Crippen molar-refractivity contribution in [2.75, 3.05) is 17.3 Å². The number of thioether (sulfide) groups is 1. The van der Waals surface area contributed by atoms with Gasteiger partial charge in [0.2, 0.25) is 5.91 Å². The molecular formula is C9H10N4OS. The molecule has 78 valence electrons. The Morgan fingerprint density at radius 3 is 2.87 bits per heavy atom. The van der Waals surface area contributed by atoms with Gasteiger partial charge < -0.3 is 11.1 Å². The molecule has 0 spiro atoms. The summed E-state index contributed by atoms with van der Waals surface area (Å²) in [6.45, 7) is 1.37. The normalized spacial score (nSPS) is 9.40. The van der Waals surface area contributed by atoms with Crippen LogP contribution in [0.5, 0.6) is 0 Å². The summed E-state index contributed by atoms with van der Waals surface area (Å²) >= 11 is 1.31. The van der Waals surface area contributed by atoms with E-state index in [4.69, 9.17) is 11.0 Å². The van der Waals surface area contributed by atoms with Crippen molar-refractivity contribution in [3.05, 3.63) is 11.6 Å². The molecule has 0 aromatic carbocycles. The van der Waals surface area contributed by atoms with Crippen LogP contribution < -0.4 is 11.1 Å². The molecule has 0 unspecified atom stereocenters. The molecule has 0 saturated carbocycles. The third-order valence-electron chi connectivity index (χ3n) is 1.62. The van der Waals surface area contributed by atoms with Gasteiger partial charge in [0.25, 0.3) is 0 Å². The van der Waals surface area contributed by atoms with Crippen LogP contribution in [0.3, 0.4) is 0 Å². The summed E-state index contributed by atoms with van der Waals surface area (Å²) in [7, 11) is 0. The number of anilines is 2. The van der Waals surface area contributed by atoms with E-state index in [1.54, 1.807) is 6.26 Å². The Balaban J connectivity index is 3.30. The molecule has 1 aromatic heterocycles. The summed E-state index contributed by atoms with van der Waals surface area (Å²) in [5.41, 5.74) is 6.29. The molecule has 0 fully saturated rings. The van der Waals surface area contributed by atoms with Gasteiger partial charge in [0.05, 0.1) is 5.69 Å². The number of nitrogens with one attached hydrogen (secondary N) is 1. The van der Waals surface area contributed by atoms with Crippen molar-refractivity contribution < 1.29 is 4.79 Å². The molecule has 15 heavy (non-hydrogen) atoms. The average Bonchev–Trinajstić information content (AvgIpc) is 2.15. The van der Waals surface area contributed by atoms with Gasteiger partial charge in [-0.05, 0) is 6.26 Å². The fraction of sp³-hybridized carbons (Fsp3) is 0.222. The Kier molecular flexibility index (Phi) is 3.52. The summed E-state index contributed by atoms with van der Waals surface area (Å²) in [5.74, 6) is 0.0336. The minimum atomic E-state index is -0.246. The van der Waals surface area contributed by atoms with Crippen molar-refractivity contribution in [3.8, 4) is 6.07 Å². The SMILES string of the molecule is CSc1nc(N)cc(NC(C)=O)c1C#N. The van der Waals surface area contributed by atoms with Crippen LogP contribution in [-0.2, 0) is 4.79 Å². The molecule has 0 aliphatic heterocycles. The van der Waals surface area contributed by atoms with E-state index in [0.717, 1.165) is 0 Å². The maximum Gasteiger partial charge on any atom is 0.221 e. The van der Waals surface area contributed by atoms with Crippen molar-refractivity contribution >= 4 is 29.2 Å². The summed E-state index contributed by atoms with van der Waals surface area (Å²) in [6, 6.07) is 3.47. The van der Waals surface area contributed by atoms with Crippen molar-refractivity contribution in [3.63, 3.8) is 0 Å². The number of pyridine rings is 1. The van der Waals surface area contributed by atoms with Gasteiger partial charge in [-0.25, -0.2) is 4.98 Å². The smallest absolute Gasteiger partial charge is 0.221 e. The highest BCUT2D eigenvalue weighted by Crippen LogP contribution is 2.26. The maximum atomic E-state index is 10.9. The van der Waals surface area contributed by atoms with Crippen LogP contribution in [0, 0.1) is 11.3 Å². The van der Waals surface area contributed by atoms with E-state index in [0.29, 0.717) is 16.3 Å². The van der Waals surface area contributed by atoms with Crippen LogP contribution in [0.25, 0.3) is 0 Å². The molecule has 0 radical (unpaired) electrons. The Morgan fingerprint density at radius 2 is 2.40 bits per heavy atom. The third-order valence-corrected chi connectivity index (χ3v) is 2.30. The number of nitrogens with zero attached hydrogens (tertiary/aromatic N) is 2. The molecule has 0 aliphatic rings. The molecule has 0 aliphatic carbocycles. The molecule has 5 nitrogen and oxygen atoms in total. The zero-order valence-corrected chi connectivity index (χ0v) is 9.18. The van der Waals surface area contributed by atoms with Crippen LogP contribution >= 0.6 is 11.8 Å². The van der Waals surface area contributed by atoms with Gasteiger partial charge in [0, 0.05) is 13.0 Å². The highest BCUT2D eigenvalue weighted by molar-refractivity contribution is 7.98. The lowest BCUT2D eigenvalue weighted by atomic mass is 10.2. The van der Waals surface area contributed by atoms with E-state index in [-0.39, 0.29) is 11.7 Å². The number of carbonyl (C=O) groups excluding carboxylic acids is 1. The minimum absolute atomic E-state index is 0.246. The lowest BCUT2D eigenvalue weighted by molar-refractivity contribution is -0.114. The first-order chi connectivity index (χ1) is 7.08. The fourth-order valence-corrected chi connectivity index (χ4v) is 1.64. The van der Waals surface area contributed by atoms with Gasteiger partial charge >= 0.3 is 0 Å². The van der Waals surface area contributed by atoms with E-state index in [1.807, 2.05) is 6.07 Å². The Labute approximate surface area is 91.7 Å². The number of nitrogen functional groups attached to an aromatic ring is 1. The first kappa shape index (κ1) is 11.3. The largest absolute Gasteiger partial charge is 0.384 e. The number of hydrogen-bond donors (Lipinski definition) is 2. The standard InChI is InChI=1S/C9H10N4OS/c1-5(14)12-7-3-8(11)13-9(15-2)6(7)4-10/h3H,1-2H3,(H3,11,12,13,14). The maximum absolute atomic E-state index is 10.9. The van der Waals surface area contributed by atoms with Crippen molar-refractivity contribution in [2.45, 2.75) is 11.9 Å². The molecule has 0 saturated heterocycles. The quantitative estimate of drug-likeness (QED) is 0.734. The monoisotopic (exact) mass is 222 g/mol. The van der Waals surface area contributed by atoms with Gasteiger partial charge in [-0.2, -0.15) is 5.26 Å². The zero-order chi connectivity index (χ0) is 11.4. The van der Waals surface area contributed by atoms with Crippen LogP contribution in [0.1, 0.15) is 12.5 Å². The molecule has 1 aromatic rings. The van der Waals surface area contributed by atoms with E-state index in [9.17, 15) is 4.79 Å². The average molecular weight is 222 g/mol. The van der Waals surface area contributed by atoms with Crippen LogP contribution in [0.2, 0.25) is 0 Å². The van der Waals surface area contributed by atoms with Gasteiger partial charge in [-0.15, -0.1) is 11.8 Å². The topological polar surface area (TPSA) is 91.8 Å². The summed E-state index contributed by atoms with van der Waals surface area (Å²) < 4.78 is 0. The fourth-order valence-electron chi connectivity index (χ4n) is 1.08. The molecule has 1 heterocycles. The van der Waals surface area contributed by atoms with Crippen molar-refractivity contribution in [1.29, 1.82) is 5.26 Å². The molecule has 6 heteroatoms. The second kappa shape index (κ2) is 4.66. The number of amides is 1. The second-order valence-corrected chi connectivity index (χ2v) is 3.57. The number of aromatic nitrogens is 1. The predicted octanol–water partition coefficient (Wildman–Crippen LogP) is 1.22. The molecule has 0 atom stereocenters. The van der Waals surface area contributed by atoms with Gasteiger partial charge in [-0.1, -0.05) is 0 Å². The number of nitriles is 1. The van der Waals surface area contributed by atoms with Gasteiger partial charge in [0.1, 0.15) is 22.5 Å². The van der Waals surface area contributed by atoms with Crippen molar-refractivity contribution in [1.82, 2.24) is 4.98 Å². The first-order valence-electron chi connectivity index (χ1n) is 4.10. The van der Waals surface area contributed by atoms with E-state index >= 15 is 0 Å². The first-order valence-corrected chi connectivity index (χ1v) is 5.33. The molecular weight excluding hydrogens is 212 g/mol. The number of hydrogen-bond acceptors (Lipinski definition) is 5. The van der Waals surface area contributed by atoms with Crippen molar-refractivity contribution in [2.24, 2.45) is 0 Å². The second-order valence-electron chi connectivity index (χ2n) is 2.77. The summed E-state index contributed by atoms with van der Waals surface area (Å²) in [4.78, 5) is 14.9. The molecule has 1 amide bonds. The number of carbonyl (C=O) groups is 1. The van der Waals surface area contributed by atoms with Crippen LogP contribution in [0.15, 0.2) is 11.1 Å². The highest BCUT2D eigenvalue weighted by atomic mass is 32.2. The predicted molar refractivity (Wildman–Crippen MR) is 59.4 cm³/mol. The van der Waals surface area contributed by atoms with Gasteiger partial charge in [-0.3, -0.25) is 4.79 Å². The Bertz CT molecular complexity index is 438. The Hall–Kier alpha value is -1.74. The zero-order valence-electron chi connectivity index (χ0n) is 8.37. The summed E-state index contributed by atoms with van der Waals surface area (Å²) in [6.07, 6.45) is 1.79. The van der Waals surface area contributed by atoms with Gasteiger partial charge in [0.15, 0.2) is 0 Å². The highest BCUT2D eigenvalue weighted by Gasteiger charge is 2.11. The Morgan fingerprint density at radius 1 is 1.73 bits per heavy atom. The van der Waals surface area contributed by atoms with Crippen LogP contribution in [-0.4, -0.2) is 17.1 Å². The molecule has 1 rings (SSSR count). The molecule has 0 bridgehead atoms. The number of rotatable bonds is 2. The van der Waals surface area contributed by atoms with E-state index < -0.39 is 0 Å². The minimum Gasteiger partial charge on any atom is -0.384 e. The lowest BCUT2D eigenvalue weighted by Gasteiger charge is -2.08. The van der Waals surface area contributed by atoms with E-state index in [2.05, 4.69) is 10.3 Å². The van der Waals surface area contributed by atoms with Crippen LogP contribution in [0.4, 0.5) is 11.5 Å². The van der Waals surface area contributed by atoms with E-state index in [1.165, 1.54) is 24.8 Å². The lowest BCUT2D eigenvalue weighted by Crippen LogP contribution is -2.09.